The molecule has 8 aromatic carbocycles. The molecule has 2 heteroatoms. The summed E-state index contributed by atoms with van der Waals surface area (Å²) in [5.41, 5.74) is 17.3. The standard InChI is InChI=1S/C56H46N2/c1-39-15-12-24-47(35-39)57(46-29-27-41(28-30-46)44-21-13-20-43(36-44)40-16-6-4-7-17-40)48-31-33-51-52-34-32-49(38-54(52)56(2,3)53(51)37-48)58(45-22-8-5-9-23-45)55-26-14-19-42-18-10-11-25-50(42)55/h4-29,31-38,46H,30H2,1-3H3. The van der Waals surface area contributed by atoms with Crippen molar-refractivity contribution in [2.45, 2.75) is 38.6 Å². The maximum absolute atomic E-state index is 2.54. The monoisotopic (exact) mass is 746 g/mol. The lowest BCUT2D eigenvalue weighted by Gasteiger charge is -2.34. The third-order valence-corrected chi connectivity index (χ3v) is 12.2. The first-order chi connectivity index (χ1) is 28.4. The normalized spacial score (nSPS) is 15.1. The van der Waals surface area contributed by atoms with Crippen LogP contribution >= 0.6 is 0 Å². The first kappa shape index (κ1) is 35.5. The number of para-hydroxylation sites is 1. The van der Waals surface area contributed by atoms with Crippen LogP contribution in [0.15, 0.2) is 206 Å². The van der Waals surface area contributed by atoms with E-state index in [4.69, 9.17) is 0 Å². The summed E-state index contributed by atoms with van der Waals surface area (Å²) in [5, 5.41) is 2.47. The third-order valence-electron chi connectivity index (χ3n) is 12.2. The van der Waals surface area contributed by atoms with Gasteiger partial charge in [-0.3, -0.25) is 0 Å². The highest BCUT2D eigenvalue weighted by molar-refractivity contribution is 5.99. The number of allylic oxidation sites excluding steroid dienone is 2. The number of anilines is 5. The number of rotatable bonds is 8. The Morgan fingerprint density at radius 3 is 1.86 bits per heavy atom. The van der Waals surface area contributed by atoms with Crippen LogP contribution < -0.4 is 9.80 Å². The van der Waals surface area contributed by atoms with Crippen molar-refractivity contribution in [3.8, 4) is 22.3 Å². The van der Waals surface area contributed by atoms with Crippen molar-refractivity contribution in [1.29, 1.82) is 0 Å². The zero-order valence-electron chi connectivity index (χ0n) is 33.3. The average Bonchev–Trinajstić information content (AvgIpc) is 3.49. The molecule has 0 aliphatic heterocycles. The molecule has 0 fully saturated rings. The molecule has 0 saturated carbocycles. The zero-order chi connectivity index (χ0) is 39.2. The van der Waals surface area contributed by atoms with Gasteiger partial charge < -0.3 is 9.80 Å². The van der Waals surface area contributed by atoms with E-state index in [2.05, 4.69) is 237 Å². The topological polar surface area (TPSA) is 6.48 Å². The minimum atomic E-state index is -0.213. The average molecular weight is 747 g/mol. The van der Waals surface area contributed by atoms with Gasteiger partial charge in [-0.05, 0) is 129 Å². The molecule has 0 amide bonds. The minimum Gasteiger partial charge on any atom is -0.334 e. The summed E-state index contributed by atoms with van der Waals surface area (Å²) in [7, 11) is 0. The summed E-state index contributed by atoms with van der Waals surface area (Å²) in [6.07, 6.45) is 8.05. The number of hydrogen-bond donors (Lipinski definition) is 0. The number of fused-ring (bicyclic) bond motifs is 4. The van der Waals surface area contributed by atoms with E-state index >= 15 is 0 Å². The Bertz CT molecular complexity index is 2860. The SMILES string of the molecule is Cc1cccc(N(c2ccc3c(c2)C(C)(C)c2cc(N(c4ccccc4)c4cccc5ccccc45)ccc2-3)C2C=CC(c3cccc(-c4ccccc4)c3)=CC2)c1. The molecule has 0 bridgehead atoms. The van der Waals surface area contributed by atoms with E-state index in [1.54, 1.807) is 0 Å². The van der Waals surface area contributed by atoms with E-state index in [1.807, 2.05) is 0 Å². The van der Waals surface area contributed by atoms with Crippen LogP contribution in [0.1, 0.15) is 42.5 Å². The van der Waals surface area contributed by atoms with Crippen molar-refractivity contribution in [3.05, 3.63) is 229 Å². The molecular weight excluding hydrogens is 701 g/mol. The lowest BCUT2D eigenvalue weighted by Crippen LogP contribution is -2.30. The molecule has 0 N–H and O–H groups in total. The lowest BCUT2D eigenvalue weighted by molar-refractivity contribution is 0.659. The van der Waals surface area contributed by atoms with Crippen molar-refractivity contribution in [2.75, 3.05) is 9.80 Å². The Morgan fingerprint density at radius 1 is 0.500 bits per heavy atom. The molecule has 2 aliphatic carbocycles. The maximum Gasteiger partial charge on any atom is 0.0560 e. The molecule has 1 unspecified atom stereocenters. The van der Waals surface area contributed by atoms with E-state index in [0.717, 1.165) is 17.8 Å². The molecule has 2 nitrogen and oxygen atoms in total. The molecule has 8 aromatic rings. The fraction of sp³-hybridized carbons (Fsp3) is 0.107. The number of benzene rings is 8. The molecule has 1 atom stereocenters. The van der Waals surface area contributed by atoms with Gasteiger partial charge in [0, 0.05) is 33.6 Å². The van der Waals surface area contributed by atoms with E-state index < -0.39 is 0 Å². The Morgan fingerprint density at radius 2 is 1.10 bits per heavy atom. The summed E-state index contributed by atoms with van der Waals surface area (Å²) in [6.45, 7) is 6.98. The molecule has 0 saturated heterocycles. The Hall–Kier alpha value is -6.90. The molecule has 0 spiro atoms. The Kier molecular flexibility index (Phi) is 8.91. The second-order valence-corrected chi connectivity index (χ2v) is 16.2. The summed E-state index contributed by atoms with van der Waals surface area (Å²) in [5.74, 6) is 0. The van der Waals surface area contributed by atoms with Crippen molar-refractivity contribution >= 4 is 44.8 Å². The molecule has 0 radical (unpaired) electrons. The van der Waals surface area contributed by atoms with Crippen molar-refractivity contribution in [2.24, 2.45) is 0 Å². The molecule has 10 rings (SSSR count). The highest BCUT2D eigenvalue weighted by Gasteiger charge is 2.37. The van der Waals surface area contributed by atoms with E-state index in [-0.39, 0.29) is 11.5 Å². The van der Waals surface area contributed by atoms with Crippen molar-refractivity contribution in [1.82, 2.24) is 0 Å². The highest BCUT2D eigenvalue weighted by Crippen LogP contribution is 2.52. The van der Waals surface area contributed by atoms with Crippen LogP contribution in [-0.4, -0.2) is 6.04 Å². The molecule has 0 aromatic heterocycles. The molecule has 58 heavy (non-hydrogen) atoms. The van der Waals surface area contributed by atoms with Gasteiger partial charge in [0.25, 0.3) is 0 Å². The smallest absolute Gasteiger partial charge is 0.0560 e. The van der Waals surface area contributed by atoms with Crippen LogP contribution in [0, 0.1) is 6.92 Å². The summed E-state index contributed by atoms with van der Waals surface area (Å²) in [6, 6.07) is 69.0. The van der Waals surface area contributed by atoms with Crippen LogP contribution in [0.25, 0.3) is 38.6 Å². The van der Waals surface area contributed by atoms with E-state index in [1.165, 1.54) is 77.9 Å². The zero-order valence-corrected chi connectivity index (χ0v) is 33.3. The first-order valence-electron chi connectivity index (χ1n) is 20.4. The number of hydrogen-bond acceptors (Lipinski definition) is 2. The summed E-state index contributed by atoms with van der Waals surface area (Å²) >= 11 is 0. The van der Waals surface area contributed by atoms with Gasteiger partial charge in [0.1, 0.15) is 0 Å². The molecular formula is C56H46N2. The predicted octanol–water partition coefficient (Wildman–Crippen LogP) is 15.1. The molecule has 2 aliphatic rings. The van der Waals surface area contributed by atoms with Gasteiger partial charge in [-0.1, -0.05) is 159 Å². The number of nitrogens with zero attached hydrogens (tertiary/aromatic N) is 2. The Labute approximate surface area is 342 Å². The van der Waals surface area contributed by atoms with Gasteiger partial charge in [-0.25, -0.2) is 0 Å². The van der Waals surface area contributed by atoms with Gasteiger partial charge >= 0.3 is 0 Å². The van der Waals surface area contributed by atoms with Crippen LogP contribution in [0.4, 0.5) is 28.4 Å². The van der Waals surface area contributed by atoms with Crippen LogP contribution in [0.3, 0.4) is 0 Å². The molecule has 280 valence electrons. The van der Waals surface area contributed by atoms with E-state index in [0.29, 0.717) is 0 Å². The van der Waals surface area contributed by atoms with Crippen LogP contribution in [0.5, 0.6) is 0 Å². The van der Waals surface area contributed by atoms with Gasteiger partial charge in [-0.15, -0.1) is 0 Å². The predicted molar refractivity (Wildman–Crippen MR) is 247 cm³/mol. The quantitative estimate of drug-likeness (QED) is 0.153. The maximum atomic E-state index is 2.54. The fourth-order valence-corrected chi connectivity index (χ4v) is 9.24. The van der Waals surface area contributed by atoms with Gasteiger partial charge in [0.05, 0.1) is 11.7 Å². The van der Waals surface area contributed by atoms with Crippen LogP contribution in [0.2, 0.25) is 0 Å². The number of aryl methyl sites for hydroxylation is 1. The summed E-state index contributed by atoms with van der Waals surface area (Å²) < 4.78 is 0. The van der Waals surface area contributed by atoms with Crippen molar-refractivity contribution in [3.63, 3.8) is 0 Å². The third kappa shape index (κ3) is 6.32. The molecule has 0 heterocycles. The largest absolute Gasteiger partial charge is 0.334 e. The van der Waals surface area contributed by atoms with E-state index in [9.17, 15) is 0 Å². The minimum absolute atomic E-state index is 0.166. The Balaban J connectivity index is 1.01. The van der Waals surface area contributed by atoms with Gasteiger partial charge in [0.2, 0.25) is 0 Å². The second-order valence-electron chi connectivity index (χ2n) is 16.2. The van der Waals surface area contributed by atoms with Crippen LogP contribution in [-0.2, 0) is 5.41 Å². The lowest BCUT2D eigenvalue weighted by atomic mass is 9.82. The van der Waals surface area contributed by atoms with Gasteiger partial charge in [0.15, 0.2) is 0 Å². The fourth-order valence-electron chi connectivity index (χ4n) is 9.24. The van der Waals surface area contributed by atoms with Crippen molar-refractivity contribution < 1.29 is 0 Å². The second kappa shape index (κ2) is 14.6. The first-order valence-corrected chi connectivity index (χ1v) is 20.4. The van der Waals surface area contributed by atoms with Gasteiger partial charge in [-0.2, -0.15) is 0 Å². The highest BCUT2D eigenvalue weighted by atomic mass is 15.2. The summed E-state index contributed by atoms with van der Waals surface area (Å²) in [4.78, 5) is 4.96.